The van der Waals surface area contributed by atoms with Gasteiger partial charge in [-0.25, -0.2) is 4.79 Å². The van der Waals surface area contributed by atoms with Gasteiger partial charge < -0.3 is 14.2 Å². The van der Waals surface area contributed by atoms with Gasteiger partial charge >= 0.3 is 12.1 Å². The summed E-state index contributed by atoms with van der Waals surface area (Å²) in [5, 5.41) is 2.09. The maximum atomic E-state index is 12.8. The Labute approximate surface area is 197 Å². The third-order valence-corrected chi connectivity index (χ3v) is 5.07. The summed E-state index contributed by atoms with van der Waals surface area (Å²) < 4.78 is 54.5. The van der Waals surface area contributed by atoms with E-state index in [1.54, 1.807) is 42.5 Å². The van der Waals surface area contributed by atoms with Gasteiger partial charge in [0.2, 0.25) is 6.10 Å². The Balaban J connectivity index is 1.36. The number of hydrogen-bond donors (Lipinski definition) is 1. The number of fused-ring (bicyclic) bond motifs is 1. The fourth-order valence-electron chi connectivity index (χ4n) is 3.36. The molecule has 35 heavy (non-hydrogen) atoms. The van der Waals surface area contributed by atoms with Gasteiger partial charge in [0, 0.05) is 0 Å². The second kappa shape index (κ2) is 9.88. The SMILES string of the molecule is O=C(COC(=O)c1ccccc1-c1ccc(C(F)(F)F)cc1)NC(=O)[C@H]1COc2ccccc2O1. The number of rotatable bonds is 5. The number of hydrogen-bond acceptors (Lipinski definition) is 6. The molecule has 0 radical (unpaired) electrons. The summed E-state index contributed by atoms with van der Waals surface area (Å²) >= 11 is 0. The van der Waals surface area contributed by atoms with Crippen LogP contribution in [0.5, 0.6) is 11.5 Å². The van der Waals surface area contributed by atoms with Crippen LogP contribution < -0.4 is 14.8 Å². The van der Waals surface area contributed by atoms with Gasteiger partial charge in [0.1, 0.15) is 6.61 Å². The average Bonchev–Trinajstić information content (AvgIpc) is 2.86. The maximum Gasteiger partial charge on any atom is 0.416 e. The Kier molecular flexibility index (Phi) is 6.72. The van der Waals surface area contributed by atoms with Crippen molar-refractivity contribution in [3.05, 3.63) is 83.9 Å². The van der Waals surface area contributed by atoms with Crippen molar-refractivity contribution in [2.45, 2.75) is 12.3 Å². The average molecular weight is 485 g/mol. The van der Waals surface area contributed by atoms with Crippen LogP contribution in [0.1, 0.15) is 15.9 Å². The fourth-order valence-corrected chi connectivity index (χ4v) is 3.36. The number of ether oxygens (including phenoxy) is 3. The minimum absolute atomic E-state index is 0.0482. The van der Waals surface area contributed by atoms with Gasteiger partial charge in [-0.3, -0.25) is 14.9 Å². The number of esters is 1. The predicted octanol–water partition coefficient (Wildman–Crippen LogP) is 4.01. The summed E-state index contributed by atoms with van der Waals surface area (Å²) in [5.74, 6) is -1.68. The van der Waals surface area contributed by atoms with E-state index in [1.165, 1.54) is 18.2 Å². The van der Waals surface area contributed by atoms with Crippen LogP contribution in [-0.2, 0) is 20.5 Å². The molecule has 4 rings (SSSR count). The van der Waals surface area contributed by atoms with E-state index < -0.39 is 42.2 Å². The number of imide groups is 1. The smallest absolute Gasteiger partial charge is 0.416 e. The summed E-state index contributed by atoms with van der Waals surface area (Å²) in [6.45, 7) is -0.855. The Morgan fingerprint density at radius 3 is 2.29 bits per heavy atom. The van der Waals surface area contributed by atoms with Crippen LogP contribution in [0.2, 0.25) is 0 Å². The zero-order valence-corrected chi connectivity index (χ0v) is 18.0. The minimum atomic E-state index is -4.49. The summed E-state index contributed by atoms with van der Waals surface area (Å²) in [4.78, 5) is 37.0. The van der Waals surface area contributed by atoms with Crippen LogP contribution >= 0.6 is 0 Å². The van der Waals surface area contributed by atoms with Crippen molar-refractivity contribution >= 4 is 17.8 Å². The zero-order valence-electron chi connectivity index (χ0n) is 18.0. The van der Waals surface area contributed by atoms with Crippen LogP contribution in [0, 0.1) is 0 Å². The minimum Gasteiger partial charge on any atom is -0.485 e. The highest BCUT2D eigenvalue weighted by molar-refractivity contribution is 6.01. The molecular formula is C25H18F3NO6. The first-order chi connectivity index (χ1) is 16.7. The van der Waals surface area contributed by atoms with E-state index >= 15 is 0 Å². The van der Waals surface area contributed by atoms with E-state index in [1.807, 2.05) is 0 Å². The lowest BCUT2D eigenvalue weighted by Crippen LogP contribution is -2.47. The zero-order chi connectivity index (χ0) is 25.0. The highest BCUT2D eigenvalue weighted by Gasteiger charge is 2.30. The van der Waals surface area contributed by atoms with E-state index in [-0.39, 0.29) is 12.2 Å². The Bertz CT molecular complexity index is 1260. The first kappa shape index (κ1) is 23.8. The van der Waals surface area contributed by atoms with E-state index in [0.717, 1.165) is 12.1 Å². The lowest BCUT2D eigenvalue weighted by atomic mass is 9.98. The standard InChI is InChI=1S/C25H18F3NO6/c26-25(27,28)16-11-9-15(10-12-16)17-5-1-2-6-18(17)24(32)34-14-22(30)29-23(31)21-13-33-19-7-3-4-8-20(19)35-21/h1-12,21H,13-14H2,(H,29,30,31)/t21-/m1/s1. The number of carbonyl (C=O) groups excluding carboxylic acids is 3. The first-order valence-corrected chi connectivity index (χ1v) is 10.4. The number of amides is 2. The topological polar surface area (TPSA) is 90.9 Å². The summed E-state index contributed by atoms with van der Waals surface area (Å²) in [6, 6.07) is 17.2. The molecule has 1 aliphatic heterocycles. The molecule has 7 nitrogen and oxygen atoms in total. The summed E-state index contributed by atoms with van der Waals surface area (Å²) in [7, 11) is 0. The molecule has 10 heteroatoms. The van der Waals surface area contributed by atoms with Crippen molar-refractivity contribution in [2.24, 2.45) is 0 Å². The first-order valence-electron chi connectivity index (χ1n) is 10.4. The molecule has 0 aromatic heterocycles. The molecule has 0 unspecified atom stereocenters. The Hall–Kier alpha value is -4.34. The van der Waals surface area contributed by atoms with E-state index in [4.69, 9.17) is 14.2 Å². The van der Waals surface area contributed by atoms with Crippen LogP contribution in [0.4, 0.5) is 13.2 Å². The third kappa shape index (κ3) is 5.60. The molecule has 0 bridgehead atoms. The van der Waals surface area contributed by atoms with E-state index in [0.29, 0.717) is 22.6 Å². The van der Waals surface area contributed by atoms with Crippen molar-refractivity contribution in [1.29, 1.82) is 0 Å². The van der Waals surface area contributed by atoms with Gasteiger partial charge in [0.25, 0.3) is 11.8 Å². The van der Waals surface area contributed by atoms with Crippen molar-refractivity contribution in [3.63, 3.8) is 0 Å². The van der Waals surface area contributed by atoms with Crippen LogP contribution in [0.3, 0.4) is 0 Å². The molecule has 1 atom stereocenters. The molecule has 0 saturated heterocycles. The van der Waals surface area contributed by atoms with E-state index in [2.05, 4.69) is 5.32 Å². The number of nitrogens with one attached hydrogen (secondary N) is 1. The molecule has 0 saturated carbocycles. The fraction of sp³-hybridized carbons (Fsp3) is 0.160. The monoisotopic (exact) mass is 485 g/mol. The molecule has 1 N–H and O–H groups in total. The second-order valence-electron chi connectivity index (χ2n) is 7.47. The normalized spacial score (nSPS) is 14.7. The third-order valence-electron chi connectivity index (χ3n) is 5.07. The quantitative estimate of drug-likeness (QED) is 0.550. The van der Waals surface area contributed by atoms with Crippen molar-refractivity contribution in [1.82, 2.24) is 5.32 Å². The van der Waals surface area contributed by atoms with Crippen molar-refractivity contribution in [2.75, 3.05) is 13.2 Å². The van der Waals surface area contributed by atoms with Gasteiger partial charge in [0.15, 0.2) is 18.1 Å². The molecule has 1 aliphatic rings. The van der Waals surface area contributed by atoms with Gasteiger partial charge in [-0.2, -0.15) is 13.2 Å². The van der Waals surface area contributed by atoms with Gasteiger partial charge in [-0.05, 0) is 41.5 Å². The van der Waals surface area contributed by atoms with Crippen molar-refractivity contribution in [3.8, 4) is 22.6 Å². The molecule has 1 heterocycles. The highest BCUT2D eigenvalue weighted by atomic mass is 19.4. The Morgan fingerprint density at radius 2 is 1.57 bits per heavy atom. The lowest BCUT2D eigenvalue weighted by Gasteiger charge is -2.25. The molecule has 3 aromatic rings. The Morgan fingerprint density at radius 1 is 0.914 bits per heavy atom. The lowest BCUT2D eigenvalue weighted by molar-refractivity contribution is -0.138. The number of benzene rings is 3. The van der Waals surface area contributed by atoms with Crippen LogP contribution in [0.15, 0.2) is 72.8 Å². The summed E-state index contributed by atoms with van der Waals surface area (Å²) in [6.07, 6.45) is -5.55. The number of carbonyl (C=O) groups is 3. The number of halogens is 3. The predicted molar refractivity (Wildman–Crippen MR) is 117 cm³/mol. The molecule has 2 amide bonds. The van der Waals surface area contributed by atoms with Gasteiger partial charge in [0.05, 0.1) is 11.1 Å². The van der Waals surface area contributed by atoms with Crippen molar-refractivity contribution < 1.29 is 41.8 Å². The maximum absolute atomic E-state index is 12.8. The molecular weight excluding hydrogens is 467 g/mol. The largest absolute Gasteiger partial charge is 0.485 e. The highest BCUT2D eigenvalue weighted by Crippen LogP contribution is 2.32. The number of para-hydroxylation sites is 2. The number of alkyl halides is 3. The molecule has 0 aliphatic carbocycles. The molecule has 0 spiro atoms. The van der Waals surface area contributed by atoms with Gasteiger partial charge in [-0.15, -0.1) is 0 Å². The second-order valence-corrected chi connectivity index (χ2v) is 7.47. The summed E-state index contributed by atoms with van der Waals surface area (Å²) in [5.41, 5.74) is -0.0838. The molecule has 3 aromatic carbocycles. The molecule has 0 fully saturated rings. The van der Waals surface area contributed by atoms with E-state index in [9.17, 15) is 27.6 Å². The van der Waals surface area contributed by atoms with Crippen LogP contribution in [0.25, 0.3) is 11.1 Å². The molecule has 180 valence electrons. The van der Waals surface area contributed by atoms with Crippen LogP contribution in [-0.4, -0.2) is 37.1 Å². The van der Waals surface area contributed by atoms with Gasteiger partial charge in [-0.1, -0.05) is 42.5 Å².